The Kier molecular flexibility index (Phi) is 9.77. The topological polar surface area (TPSA) is 89.5 Å². The number of ether oxygens (including phenoxy) is 6. The molecular weight excluding hydrogens is 476 g/mol. The van der Waals surface area contributed by atoms with Gasteiger partial charge in [-0.3, -0.25) is 9.59 Å². The van der Waals surface area contributed by atoms with Crippen LogP contribution in [0.25, 0.3) is 0 Å². The van der Waals surface area contributed by atoms with Gasteiger partial charge in [-0.15, -0.1) is 0 Å². The molecule has 1 heterocycles. The maximum atomic E-state index is 11.5. The molecule has 0 bridgehead atoms. The second kappa shape index (κ2) is 12.8. The predicted octanol–water partition coefficient (Wildman–Crippen LogP) is 4.46. The monoisotopic (exact) mass is 506 g/mol. The van der Waals surface area contributed by atoms with Crippen molar-refractivity contribution in [2.24, 2.45) is 0 Å². The Morgan fingerprint density at radius 2 is 1.66 bits per heavy atom. The highest BCUT2D eigenvalue weighted by atomic mass is 35.5. The van der Waals surface area contributed by atoms with Gasteiger partial charge in [-0.1, -0.05) is 29.8 Å². The number of benzene rings is 2. The summed E-state index contributed by atoms with van der Waals surface area (Å²) in [5.74, 6) is 0.535. The summed E-state index contributed by atoms with van der Waals surface area (Å²) >= 11 is 6.46. The van der Waals surface area contributed by atoms with Crippen LogP contribution in [0, 0.1) is 0 Å². The lowest BCUT2D eigenvalue weighted by atomic mass is 10.0. The van der Waals surface area contributed by atoms with Crippen LogP contribution in [0.2, 0.25) is 5.02 Å². The Morgan fingerprint density at radius 3 is 2.34 bits per heavy atom. The molecule has 0 fully saturated rings. The van der Waals surface area contributed by atoms with Crippen molar-refractivity contribution in [2.45, 2.75) is 58.7 Å². The van der Waals surface area contributed by atoms with E-state index in [9.17, 15) is 9.59 Å². The van der Waals surface area contributed by atoms with Gasteiger partial charge in [-0.2, -0.15) is 0 Å². The van der Waals surface area contributed by atoms with Crippen LogP contribution in [0.15, 0.2) is 36.4 Å². The molecular formula is C26H31ClO8. The number of hydrogen-bond donors (Lipinski definition) is 0. The van der Waals surface area contributed by atoms with E-state index in [1.165, 1.54) is 21.0 Å². The van der Waals surface area contributed by atoms with Crippen molar-refractivity contribution >= 4 is 23.5 Å². The minimum atomic E-state index is -0.711. The van der Waals surface area contributed by atoms with Gasteiger partial charge in [-0.25, -0.2) is 0 Å². The highest BCUT2D eigenvalue weighted by Crippen LogP contribution is 2.32. The van der Waals surface area contributed by atoms with E-state index in [4.69, 9.17) is 40.0 Å². The lowest BCUT2D eigenvalue weighted by Gasteiger charge is -2.27. The van der Waals surface area contributed by atoms with E-state index >= 15 is 0 Å². The van der Waals surface area contributed by atoms with Gasteiger partial charge in [-0.05, 0) is 48.2 Å². The van der Waals surface area contributed by atoms with Gasteiger partial charge in [0.2, 0.25) is 0 Å². The average Bonchev–Trinajstić information content (AvgIpc) is 2.82. The van der Waals surface area contributed by atoms with Crippen LogP contribution in [0.3, 0.4) is 0 Å². The lowest BCUT2D eigenvalue weighted by Crippen LogP contribution is -2.36. The van der Waals surface area contributed by atoms with Crippen molar-refractivity contribution in [3.63, 3.8) is 0 Å². The summed E-state index contributed by atoms with van der Waals surface area (Å²) in [4.78, 5) is 22.8. The summed E-state index contributed by atoms with van der Waals surface area (Å²) in [6, 6.07) is 11.6. The Bertz CT molecular complexity index is 1020. The maximum Gasteiger partial charge on any atom is 0.303 e. The normalized spacial score (nSPS) is 15.1. The molecule has 0 N–H and O–H groups in total. The minimum absolute atomic E-state index is 0.197. The fraction of sp³-hybridized carbons (Fsp3) is 0.462. The molecule has 0 amide bonds. The van der Waals surface area contributed by atoms with Crippen LogP contribution >= 0.6 is 11.6 Å². The third kappa shape index (κ3) is 8.13. The van der Waals surface area contributed by atoms with Gasteiger partial charge >= 0.3 is 11.9 Å². The SMILES string of the molecule is CO[C@@H](CC(OC(C)=O)[C@H](C)OC(C)=O)OCc1ccc(Cl)c(Cc2ccc3c(c2)OCCO3)c1. The van der Waals surface area contributed by atoms with Crippen molar-refractivity contribution in [2.75, 3.05) is 20.3 Å². The van der Waals surface area contributed by atoms with Crippen LogP contribution < -0.4 is 9.47 Å². The molecule has 1 aliphatic rings. The third-order valence-corrected chi connectivity index (χ3v) is 5.80. The number of carbonyl (C=O) groups is 2. The molecule has 0 aliphatic carbocycles. The molecule has 8 nitrogen and oxygen atoms in total. The molecule has 0 spiro atoms. The highest BCUT2D eigenvalue weighted by molar-refractivity contribution is 6.31. The molecule has 2 aromatic carbocycles. The first kappa shape index (κ1) is 26.8. The van der Waals surface area contributed by atoms with E-state index in [2.05, 4.69) is 0 Å². The Hall–Kier alpha value is -2.81. The molecule has 0 aromatic heterocycles. The van der Waals surface area contributed by atoms with Crippen molar-refractivity contribution in [3.05, 3.63) is 58.1 Å². The molecule has 1 aliphatic heterocycles. The number of hydrogen-bond acceptors (Lipinski definition) is 8. The fourth-order valence-corrected chi connectivity index (χ4v) is 3.95. The zero-order valence-electron chi connectivity index (χ0n) is 20.4. The first-order chi connectivity index (χ1) is 16.7. The lowest BCUT2D eigenvalue weighted by molar-refractivity contribution is -0.183. The van der Waals surface area contributed by atoms with E-state index in [-0.39, 0.29) is 13.0 Å². The van der Waals surface area contributed by atoms with Crippen molar-refractivity contribution in [1.82, 2.24) is 0 Å². The van der Waals surface area contributed by atoms with Crippen molar-refractivity contribution < 1.29 is 38.0 Å². The van der Waals surface area contributed by atoms with Gasteiger partial charge in [0.25, 0.3) is 0 Å². The van der Waals surface area contributed by atoms with E-state index in [1.807, 2.05) is 36.4 Å². The summed E-state index contributed by atoms with van der Waals surface area (Å²) < 4.78 is 33.1. The zero-order valence-corrected chi connectivity index (χ0v) is 21.1. The molecule has 3 rings (SSSR count). The summed E-state index contributed by atoms with van der Waals surface area (Å²) in [5.41, 5.74) is 2.90. The van der Waals surface area contributed by atoms with Crippen LogP contribution in [-0.4, -0.2) is 50.8 Å². The molecule has 2 aromatic rings. The second-order valence-corrected chi connectivity index (χ2v) is 8.66. The molecule has 9 heteroatoms. The Balaban J connectivity index is 1.64. The third-order valence-electron chi connectivity index (χ3n) is 5.43. The average molecular weight is 507 g/mol. The van der Waals surface area contributed by atoms with E-state index in [0.717, 1.165) is 28.2 Å². The van der Waals surface area contributed by atoms with Crippen LogP contribution in [0.4, 0.5) is 0 Å². The number of esters is 2. The fourth-order valence-electron chi connectivity index (χ4n) is 3.77. The first-order valence-electron chi connectivity index (χ1n) is 11.4. The van der Waals surface area contributed by atoms with Crippen molar-refractivity contribution in [1.29, 1.82) is 0 Å². The Labute approximate surface area is 210 Å². The molecule has 35 heavy (non-hydrogen) atoms. The summed E-state index contributed by atoms with van der Waals surface area (Å²) in [7, 11) is 1.50. The molecule has 3 atom stereocenters. The van der Waals surface area contributed by atoms with Crippen molar-refractivity contribution in [3.8, 4) is 11.5 Å². The van der Waals surface area contributed by atoms with Gasteiger partial charge < -0.3 is 28.4 Å². The zero-order chi connectivity index (χ0) is 25.4. The number of carbonyl (C=O) groups excluding carboxylic acids is 2. The summed E-state index contributed by atoms with van der Waals surface area (Å²) in [6.45, 7) is 5.58. The number of methoxy groups -OCH3 is 1. The Morgan fingerprint density at radius 1 is 0.971 bits per heavy atom. The molecule has 0 saturated heterocycles. The van der Waals surface area contributed by atoms with Gasteiger partial charge in [0.15, 0.2) is 17.8 Å². The van der Waals surface area contributed by atoms with E-state index in [0.29, 0.717) is 24.7 Å². The largest absolute Gasteiger partial charge is 0.486 e. The summed E-state index contributed by atoms with van der Waals surface area (Å²) in [6.07, 6.45) is -1.23. The minimum Gasteiger partial charge on any atom is -0.486 e. The maximum absolute atomic E-state index is 11.5. The predicted molar refractivity (Wildman–Crippen MR) is 129 cm³/mol. The number of halogens is 1. The molecule has 0 saturated carbocycles. The van der Waals surface area contributed by atoms with Crippen LogP contribution in [0.1, 0.15) is 43.9 Å². The van der Waals surface area contributed by atoms with Gasteiger partial charge in [0, 0.05) is 32.4 Å². The number of rotatable bonds is 11. The summed E-state index contributed by atoms with van der Waals surface area (Å²) in [5, 5.41) is 0.650. The highest BCUT2D eigenvalue weighted by Gasteiger charge is 2.27. The molecule has 190 valence electrons. The van der Waals surface area contributed by atoms with E-state index in [1.54, 1.807) is 6.92 Å². The molecule has 0 radical (unpaired) electrons. The van der Waals surface area contributed by atoms with Crippen LogP contribution in [0.5, 0.6) is 11.5 Å². The molecule has 1 unspecified atom stereocenters. The smallest absolute Gasteiger partial charge is 0.303 e. The first-order valence-corrected chi connectivity index (χ1v) is 11.8. The standard InChI is InChI=1S/C26H31ClO8/c1-16(34-17(2)28)24(35-18(3)29)14-26(30-4)33-15-20-5-7-22(27)21(12-20)11-19-6-8-23-25(13-19)32-10-9-31-23/h5-8,12-13,16,24,26H,9-11,14-15H2,1-4H3/t16-,24?,26+/m0/s1. The quantitative estimate of drug-likeness (QED) is 0.326. The van der Waals surface area contributed by atoms with Gasteiger partial charge in [0.05, 0.1) is 6.61 Å². The second-order valence-electron chi connectivity index (χ2n) is 8.25. The van der Waals surface area contributed by atoms with Gasteiger partial charge in [0.1, 0.15) is 25.4 Å². The number of fused-ring (bicyclic) bond motifs is 1. The van der Waals surface area contributed by atoms with Crippen LogP contribution in [-0.2, 0) is 41.6 Å². The van der Waals surface area contributed by atoms with E-state index < -0.39 is 30.4 Å².